The number of benzene rings is 2. The van der Waals surface area contributed by atoms with Crippen LogP contribution in [0, 0.1) is 0 Å². The van der Waals surface area contributed by atoms with Gasteiger partial charge in [0.2, 0.25) is 10.0 Å². The van der Waals surface area contributed by atoms with E-state index in [9.17, 15) is 18.0 Å². The fraction of sp³-hybridized carbons (Fsp3) is 0.364. The van der Waals surface area contributed by atoms with Gasteiger partial charge < -0.3 is 19.5 Å². The minimum atomic E-state index is -3.85. The Morgan fingerprint density at radius 3 is 2.36 bits per heavy atom. The Kier molecular flexibility index (Phi) is 9.95. The van der Waals surface area contributed by atoms with Crippen LogP contribution >= 0.6 is 11.6 Å². The maximum absolute atomic E-state index is 12.2. The summed E-state index contributed by atoms with van der Waals surface area (Å²) in [6.07, 6.45) is 0.536. The number of rotatable bonds is 12. The zero-order valence-electron chi connectivity index (χ0n) is 18.6. The molecule has 2 aromatic carbocycles. The second-order valence-corrected chi connectivity index (χ2v) is 8.94. The van der Waals surface area contributed by atoms with Crippen molar-refractivity contribution in [3.63, 3.8) is 0 Å². The number of ether oxygens (including phenoxy) is 3. The van der Waals surface area contributed by atoms with Gasteiger partial charge in [0, 0.05) is 6.54 Å². The second-order valence-electron chi connectivity index (χ2n) is 6.68. The van der Waals surface area contributed by atoms with Gasteiger partial charge in [0.1, 0.15) is 4.90 Å². The second kappa shape index (κ2) is 12.4. The molecule has 0 saturated carbocycles. The Labute approximate surface area is 198 Å². The summed E-state index contributed by atoms with van der Waals surface area (Å²) in [6.45, 7) is 4.61. The van der Waals surface area contributed by atoms with E-state index >= 15 is 0 Å². The number of esters is 1. The van der Waals surface area contributed by atoms with Crippen molar-refractivity contribution in [1.82, 2.24) is 10.0 Å². The SMILES string of the molecule is CCOc1ccc(CCNC(=O)COC(=O)c2ccc(Cl)c(S(=O)(=O)NC)c2)cc1OCC. The van der Waals surface area contributed by atoms with Crippen molar-refractivity contribution >= 4 is 33.5 Å². The van der Waals surface area contributed by atoms with E-state index in [1.54, 1.807) is 0 Å². The molecule has 0 spiro atoms. The molecule has 0 atom stereocenters. The molecular formula is C22H27ClN2O7S. The van der Waals surface area contributed by atoms with Gasteiger partial charge in [-0.15, -0.1) is 0 Å². The summed E-state index contributed by atoms with van der Waals surface area (Å²) in [5.41, 5.74) is 0.900. The largest absolute Gasteiger partial charge is 0.490 e. The molecule has 0 saturated heterocycles. The third kappa shape index (κ3) is 7.62. The molecule has 0 aromatic heterocycles. The molecule has 180 valence electrons. The fourth-order valence-corrected chi connectivity index (χ4v) is 4.06. The molecular weight excluding hydrogens is 472 g/mol. The Morgan fingerprint density at radius 1 is 1.00 bits per heavy atom. The van der Waals surface area contributed by atoms with Gasteiger partial charge in [-0.3, -0.25) is 4.79 Å². The van der Waals surface area contributed by atoms with Crippen LogP contribution in [0.1, 0.15) is 29.8 Å². The van der Waals surface area contributed by atoms with Crippen molar-refractivity contribution < 1.29 is 32.2 Å². The monoisotopic (exact) mass is 498 g/mol. The molecule has 9 nitrogen and oxygen atoms in total. The molecule has 2 N–H and O–H groups in total. The number of sulfonamides is 1. The van der Waals surface area contributed by atoms with E-state index in [-0.39, 0.29) is 15.5 Å². The molecule has 11 heteroatoms. The molecule has 2 aromatic rings. The number of hydrogen-bond acceptors (Lipinski definition) is 7. The van der Waals surface area contributed by atoms with Gasteiger partial charge in [-0.25, -0.2) is 17.9 Å². The molecule has 1 amide bonds. The van der Waals surface area contributed by atoms with Crippen molar-refractivity contribution in [2.24, 2.45) is 0 Å². The third-order valence-corrected chi connectivity index (χ3v) is 6.30. The van der Waals surface area contributed by atoms with Gasteiger partial charge >= 0.3 is 5.97 Å². The van der Waals surface area contributed by atoms with E-state index in [2.05, 4.69) is 10.0 Å². The molecule has 2 rings (SSSR count). The van der Waals surface area contributed by atoms with Crippen LogP contribution in [0.3, 0.4) is 0 Å². The topological polar surface area (TPSA) is 120 Å². The maximum Gasteiger partial charge on any atom is 0.338 e. The number of halogens is 1. The van der Waals surface area contributed by atoms with Crippen LogP contribution in [-0.4, -0.2) is 53.7 Å². The molecule has 0 aliphatic heterocycles. The summed E-state index contributed by atoms with van der Waals surface area (Å²) < 4.78 is 42.2. The van der Waals surface area contributed by atoms with Crippen LogP contribution in [0.4, 0.5) is 0 Å². The van der Waals surface area contributed by atoms with Crippen LogP contribution in [0.2, 0.25) is 5.02 Å². The zero-order valence-corrected chi connectivity index (χ0v) is 20.2. The summed E-state index contributed by atoms with van der Waals surface area (Å²) in [4.78, 5) is 24.0. The van der Waals surface area contributed by atoms with Gasteiger partial charge in [-0.2, -0.15) is 0 Å². The highest BCUT2D eigenvalue weighted by Crippen LogP contribution is 2.28. The summed E-state index contributed by atoms with van der Waals surface area (Å²) >= 11 is 5.90. The minimum absolute atomic E-state index is 0.0413. The van der Waals surface area contributed by atoms with Gasteiger partial charge in [-0.1, -0.05) is 17.7 Å². The fourth-order valence-electron chi connectivity index (χ4n) is 2.81. The molecule has 0 radical (unpaired) electrons. The summed E-state index contributed by atoms with van der Waals surface area (Å²) in [5, 5.41) is 2.63. The van der Waals surface area contributed by atoms with Crippen LogP contribution in [0.5, 0.6) is 11.5 Å². The first-order chi connectivity index (χ1) is 15.7. The number of carbonyl (C=O) groups excluding carboxylic acids is 2. The van der Waals surface area contributed by atoms with Gasteiger partial charge in [-0.05, 0) is 63.2 Å². The third-order valence-electron chi connectivity index (χ3n) is 4.40. The average Bonchev–Trinajstić information content (AvgIpc) is 2.79. The van der Waals surface area contributed by atoms with E-state index in [1.807, 2.05) is 32.0 Å². The van der Waals surface area contributed by atoms with E-state index in [0.29, 0.717) is 37.7 Å². The first-order valence-electron chi connectivity index (χ1n) is 10.3. The molecule has 0 bridgehead atoms. The van der Waals surface area contributed by atoms with E-state index in [0.717, 1.165) is 11.6 Å². The molecule has 0 fully saturated rings. The molecule has 33 heavy (non-hydrogen) atoms. The molecule has 0 aliphatic carbocycles. The van der Waals surface area contributed by atoms with Crippen LogP contribution < -0.4 is 19.5 Å². The van der Waals surface area contributed by atoms with Crippen molar-refractivity contribution in [1.29, 1.82) is 0 Å². The Hall–Kier alpha value is -2.82. The molecule has 0 unspecified atom stereocenters. The maximum atomic E-state index is 12.2. The van der Waals surface area contributed by atoms with Gasteiger partial charge in [0.15, 0.2) is 18.1 Å². The van der Waals surface area contributed by atoms with Crippen LogP contribution in [0.25, 0.3) is 0 Å². The average molecular weight is 499 g/mol. The van der Waals surface area contributed by atoms with E-state index in [1.165, 1.54) is 19.2 Å². The first-order valence-corrected chi connectivity index (χ1v) is 12.1. The summed E-state index contributed by atoms with van der Waals surface area (Å²) in [6, 6.07) is 9.25. The normalized spacial score (nSPS) is 11.0. The number of hydrogen-bond donors (Lipinski definition) is 2. The van der Waals surface area contributed by atoms with Crippen LogP contribution in [-0.2, 0) is 26.0 Å². The summed E-state index contributed by atoms with van der Waals surface area (Å²) in [7, 11) is -2.63. The minimum Gasteiger partial charge on any atom is -0.490 e. The van der Waals surface area contributed by atoms with Crippen molar-refractivity contribution in [3.05, 3.63) is 52.5 Å². The molecule has 0 aliphatic rings. The Morgan fingerprint density at radius 2 is 1.70 bits per heavy atom. The number of nitrogens with one attached hydrogen (secondary N) is 2. The lowest BCUT2D eigenvalue weighted by atomic mass is 10.1. The van der Waals surface area contributed by atoms with Crippen molar-refractivity contribution in [2.75, 3.05) is 33.4 Å². The summed E-state index contributed by atoms with van der Waals surface area (Å²) in [5.74, 6) is -0.0368. The Balaban J connectivity index is 1.88. The smallest absolute Gasteiger partial charge is 0.338 e. The highest BCUT2D eigenvalue weighted by molar-refractivity contribution is 7.89. The van der Waals surface area contributed by atoms with Gasteiger partial charge in [0.05, 0.1) is 23.8 Å². The lowest BCUT2D eigenvalue weighted by Gasteiger charge is -2.13. The predicted molar refractivity (Wildman–Crippen MR) is 123 cm³/mol. The lowest BCUT2D eigenvalue weighted by Crippen LogP contribution is -2.30. The lowest BCUT2D eigenvalue weighted by molar-refractivity contribution is -0.124. The van der Waals surface area contributed by atoms with Crippen molar-refractivity contribution in [3.8, 4) is 11.5 Å². The standard InChI is InChI=1S/C22H27ClN2O7S/c1-4-30-18-9-6-15(12-19(18)31-5-2)10-11-25-21(26)14-32-22(27)16-7-8-17(23)20(13-16)33(28,29)24-3/h6-9,12-13,24H,4-5,10-11,14H2,1-3H3,(H,25,26). The Bertz CT molecular complexity index is 1090. The quantitative estimate of drug-likeness (QED) is 0.431. The zero-order chi connectivity index (χ0) is 24.4. The predicted octanol–water partition coefficient (Wildman–Crippen LogP) is 2.56. The molecule has 0 heterocycles. The highest BCUT2D eigenvalue weighted by atomic mass is 35.5. The van der Waals surface area contributed by atoms with E-state index < -0.39 is 28.5 Å². The van der Waals surface area contributed by atoms with Crippen molar-refractivity contribution in [2.45, 2.75) is 25.2 Å². The number of amides is 1. The van der Waals surface area contributed by atoms with Gasteiger partial charge in [0.25, 0.3) is 5.91 Å². The van der Waals surface area contributed by atoms with E-state index in [4.69, 9.17) is 25.8 Å². The highest BCUT2D eigenvalue weighted by Gasteiger charge is 2.19. The van der Waals surface area contributed by atoms with Crippen LogP contribution in [0.15, 0.2) is 41.3 Å². The number of carbonyl (C=O) groups is 2. The first kappa shape index (κ1) is 26.4.